The Hall–Kier alpha value is -3.51. The average molecular weight is 443 g/mol. The average Bonchev–Trinajstić information content (AvgIpc) is 3.01. The summed E-state index contributed by atoms with van der Waals surface area (Å²) in [6.45, 7) is 0.837. The van der Waals surface area contributed by atoms with Gasteiger partial charge in [-0.25, -0.2) is 4.98 Å². The number of ether oxygens (including phenoxy) is 2. The molecule has 0 atom stereocenters. The molecule has 3 aromatic carbocycles. The lowest BCUT2D eigenvalue weighted by Gasteiger charge is -2.12. The van der Waals surface area contributed by atoms with Gasteiger partial charge in [-0.1, -0.05) is 36.4 Å². The van der Waals surface area contributed by atoms with Gasteiger partial charge in [0.2, 0.25) is 5.91 Å². The normalized spacial score (nSPS) is 13.2. The second-order valence-electron chi connectivity index (χ2n) is 7.52. The van der Waals surface area contributed by atoms with Crippen molar-refractivity contribution in [1.29, 1.82) is 0 Å². The first kappa shape index (κ1) is 20.4. The number of nitrogens with zero attached hydrogens (tertiary/aromatic N) is 1. The molecule has 0 spiro atoms. The van der Waals surface area contributed by atoms with Gasteiger partial charge < -0.3 is 14.8 Å². The molecule has 5 nitrogen and oxygen atoms in total. The summed E-state index contributed by atoms with van der Waals surface area (Å²) in [7, 11) is 0. The molecule has 1 aliphatic rings. The summed E-state index contributed by atoms with van der Waals surface area (Å²) in [5.74, 6) is 2.38. The number of nitrogens with one attached hydrogen (secondary N) is 1. The molecule has 0 bridgehead atoms. The van der Waals surface area contributed by atoms with Crippen molar-refractivity contribution in [3.05, 3.63) is 90.1 Å². The van der Waals surface area contributed by atoms with Crippen LogP contribution >= 0.6 is 11.8 Å². The smallest absolute Gasteiger partial charge is 0.225 e. The highest BCUT2D eigenvalue weighted by atomic mass is 32.2. The van der Waals surface area contributed by atoms with E-state index in [1.807, 2.05) is 66.7 Å². The van der Waals surface area contributed by atoms with Gasteiger partial charge in [0.1, 0.15) is 24.7 Å². The molecule has 1 aliphatic heterocycles. The van der Waals surface area contributed by atoms with E-state index in [0.717, 1.165) is 50.0 Å². The molecular formula is C26H22N2O3S. The molecule has 6 heteroatoms. The molecule has 0 aliphatic carbocycles. The van der Waals surface area contributed by atoms with Crippen LogP contribution in [0.15, 0.2) is 83.8 Å². The maximum absolute atomic E-state index is 11.7. The van der Waals surface area contributed by atoms with E-state index in [9.17, 15) is 4.79 Å². The molecule has 2 heterocycles. The Bertz CT molecular complexity index is 1270. The number of fused-ring (bicyclic) bond motifs is 2. The molecule has 1 amide bonds. The second-order valence-corrected chi connectivity index (χ2v) is 8.66. The number of amides is 1. The van der Waals surface area contributed by atoms with Gasteiger partial charge in [0, 0.05) is 22.5 Å². The van der Waals surface area contributed by atoms with Crippen molar-refractivity contribution in [3.8, 4) is 11.5 Å². The Morgan fingerprint density at radius 2 is 1.75 bits per heavy atom. The highest BCUT2D eigenvalue weighted by molar-refractivity contribution is 7.99. The minimum Gasteiger partial charge on any atom is -0.489 e. The van der Waals surface area contributed by atoms with Crippen LogP contribution in [0, 0.1) is 0 Å². The van der Waals surface area contributed by atoms with Crippen LogP contribution in [-0.4, -0.2) is 16.6 Å². The number of benzene rings is 3. The molecule has 1 aromatic heterocycles. The summed E-state index contributed by atoms with van der Waals surface area (Å²) in [6, 6.07) is 25.8. The number of rotatable bonds is 6. The molecule has 0 saturated heterocycles. The molecule has 32 heavy (non-hydrogen) atoms. The Balaban J connectivity index is 1.21. The molecule has 0 unspecified atom stereocenters. The number of thioether (sulfide) groups is 1. The Labute approximate surface area is 190 Å². The zero-order chi connectivity index (χ0) is 21.8. The molecule has 0 radical (unpaired) electrons. The minimum absolute atomic E-state index is 0.0561. The van der Waals surface area contributed by atoms with Crippen molar-refractivity contribution >= 4 is 34.3 Å². The monoisotopic (exact) mass is 442 g/mol. The van der Waals surface area contributed by atoms with Crippen LogP contribution in [0.25, 0.3) is 10.9 Å². The van der Waals surface area contributed by atoms with Crippen LogP contribution in [0.1, 0.15) is 17.7 Å². The second kappa shape index (κ2) is 9.32. The number of carbonyl (C=O) groups is 1. The van der Waals surface area contributed by atoms with E-state index in [2.05, 4.69) is 22.4 Å². The molecule has 0 fully saturated rings. The largest absolute Gasteiger partial charge is 0.489 e. The van der Waals surface area contributed by atoms with E-state index in [-0.39, 0.29) is 5.91 Å². The molecule has 1 N–H and O–H groups in total. The van der Waals surface area contributed by atoms with E-state index in [1.54, 1.807) is 11.8 Å². The van der Waals surface area contributed by atoms with Crippen LogP contribution in [0.2, 0.25) is 0 Å². The van der Waals surface area contributed by atoms with Crippen molar-refractivity contribution < 1.29 is 14.3 Å². The predicted octanol–water partition coefficient (Wildman–Crippen LogP) is 5.83. The Morgan fingerprint density at radius 1 is 0.875 bits per heavy atom. The number of hydrogen-bond acceptors (Lipinski definition) is 5. The van der Waals surface area contributed by atoms with Crippen molar-refractivity contribution in [1.82, 2.24) is 4.98 Å². The zero-order valence-electron chi connectivity index (χ0n) is 17.4. The quantitative estimate of drug-likeness (QED) is 0.407. The standard InChI is InChI=1S/C26H22N2O3S/c29-26-12-13-32-25-15-22(10-11-24(25)28-26)30-16-18-4-3-6-21(14-18)31-17-20-9-8-19-5-1-2-7-23(19)27-20/h1-11,14-15H,12-13,16-17H2,(H,28,29). The Morgan fingerprint density at radius 3 is 2.72 bits per heavy atom. The van der Waals surface area contributed by atoms with Gasteiger partial charge in [0.05, 0.1) is 16.9 Å². The lowest BCUT2D eigenvalue weighted by Crippen LogP contribution is -2.10. The third kappa shape index (κ3) is 4.86. The highest BCUT2D eigenvalue weighted by Gasteiger charge is 2.14. The Kier molecular flexibility index (Phi) is 5.94. The number of para-hydroxylation sites is 1. The molecular weight excluding hydrogens is 420 g/mol. The third-order valence-corrected chi connectivity index (χ3v) is 6.22. The zero-order valence-corrected chi connectivity index (χ0v) is 18.2. The number of pyridine rings is 1. The number of hydrogen-bond donors (Lipinski definition) is 1. The fraction of sp³-hybridized carbons (Fsp3) is 0.154. The van der Waals surface area contributed by atoms with Crippen molar-refractivity contribution in [2.24, 2.45) is 0 Å². The van der Waals surface area contributed by atoms with Crippen molar-refractivity contribution in [2.75, 3.05) is 11.1 Å². The maximum Gasteiger partial charge on any atom is 0.225 e. The van der Waals surface area contributed by atoms with Gasteiger partial charge in [0.25, 0.3) is 0 Å². The predicted molar refractivity (Wildman–Crippen MR) is 127 cm³/mol. The maximum atomic E-state index is 11.7. The van der Waals surface area contributed by atoms with Crippen molar-refractivity contribution in [2.45, 2.75) is 24.5 Å². The molecule has 0 saturated carbocycles. The van der Waals surface area contributed by atoms with E-state index in [1.165, 1.54) is 0 Å². The first-order valence-corrected chi connectivity index (χ1v) is 11.5. The first-order chi connectivity index (χ1) is 15.7. The van der Waals surface area contributed by atoms with Gasteiger partial charge >= 0.3 is 0 Å². The van der Waals surface area contributed by atoms with Crippen LogP contribution in [0.5, 0.6) is 11.5 Å². The van der Waals surface area contributed by atoms with Crippen LogP contribution in [0.3, 0.4) is 0 Å². The minimum atomic E-state index is 0.0561. The summed E-state index contributed by atoms with van der Waals surface area (Å²) in [4.78, 5) is 17.4. The van der Waals surface area contributed by atoms with E-state index in [4.69, 9.17) is 9.47 Å². The summed E-state index contributed by atoms with van der Waals surface area (Å²) < 4.78 is 12.0. The van der Waals surface area contributed by atoms with Crippen LogP contribution < -0.4 is 14.8 Å². The van der Waals surface area contributed by atoms with Gasteiger partial charge in [-0.05, 0) is 48.0 Å². The van der Waals surface area contributed by atoms with E-state index in [0.29, 0.717) is 19.6 Å². The topological polar surface area (TPSA) is 60.5 Å². The first-order valence-electron chi connectivity index (χ1n) is 10.5. The van der Waals surface area contributed by atoms with Crippen LogP contribution in [0.4, 0.5) is 5.69 Å². The van der Waals surface area contributed by atoms with Gasteiger partial charge in [0.15, 0.2) is 0 Å². The summed E-state index contributed by atoms with van der Waals surface area (Å²) in [5.41, 5.74) is 3.72. The molecule has 5 rings (SSSR count). The lowest BCUT2D eigenvalue weighted by molar-refractivity contribution is -0.115. The summed E-state index contributed by atoms with van der Waals surface area (Å²) in [5, 5.41) is 4.05. The summed E-state index contributed by atoms with van der Waals surface area (Å²) >= 11 is 1.67. The molecule has 160 valence electrons. The van der Waals surface area contributed by atoms with Crippen molar-refractivity contribution in [3.63, 3.8) is 0 Å². The summed E-state index contributed by atoms with van der Waals surface area (Å²) in [6.07, 6.45) is 0.525. The lowest BCUT2D eigenvalue weighted by atomic mass is 10.2. The van der Waals surface area contributed by atoms with E-state index < -0.39 is 0 Å². The number of aromatic nitrogens is 1. The highest BCUT2D eigenvalue weighted by Crippen LogP contribution is 2.34. The van der Waals surface area contributed by atoms with E-state index >= 15 is 0 Å². The van der Waals surface area contributed by atoms with Gasteiger partial charge in [-0.15, -0.1) is 11.8 Å². The van der Waals surface area contributed by atoms with Gasteiger partial charge in [-0.3, -0.25) is 4.79 Å². The number of anilines is 1. The number of carbonyl (C=O) groups excluding carboxylic acids is 1. The SMILES string of the molecule is O=C1CCSc2cc(OCc3cccc(OCc4ccc5ccccc5n4)c3)ccc2N1. The fourth-order valence-electron chi connectivity index (χ4n) is 3.52. The molecule has 4 aromatic rings. The fourth-order valence-corrected chi connectivity index (χ4v) is 4.50. The van der Waals surface area contributed by atoms with Crippen LogP contribution in [-0.2, 0) is 18.0 Å². The van der Waals surface area contributed by atoms with Gasteiger partial charge in [-0.2, -0.15) is 0 Å². The third-order valence-electron chi connectivity index (χ3n) is 5.16.